The first-order chi connectivity index (χ1) is 6.60. The Labute approximate surface area is 83.9 Å². The van der Waals surface area contributed by atoms with E-state index in [1.807, 2.05) is 13.8 Å². The molecule has 0 aliphatic heterocycles. The summed E-state index contributed by atoms with van der Waals surface area (Å²) < 4.78 is 0. The lowest BCUT2D eigenvalue weighted by Crippen LogP contribution is -2.08. The molecular weight excluding hydrogens is 176 g/mol. The Morgan fingerprint density at radius 2 is 2.14 bits per heavy atom. The Hall–Kier alpha value is -1.51. The summed E-state index contributed by atoms with van der Waals surface area (Å²) in [5, 5.41) is 0. The molecule has 74 valence electrons. The first kappa shape index (κ1) is 10.6. The number of rotatable bonds is 3. The fourth-order valence-corrected chi connectivity index (χ4v) is 1.30. The maximum Gasteiger partial charge on any atom is 0.180 e. The summed E-state index contributed by atoms with van der Waals surface area (Å²) in [5.41, 5.74) is 2.74. The van der Waals surface area contributed by atoms with E-state index in [9.17, 15) is 4.79 Å². The highest BCUT2D eigenvalue weighted by Crippen LogP contribution is 2.11. The van der Waals surface area contributed by atoms with Gasteiger partial charge in [0.25, 0.3) is 0 Å². The monoisotopic (exact) mass is 190 g/mol. The third kappa shape index (κ3) is 1.87. The third-order valence-electron chi connectivity index (χ3n) is 2.04. The van der Waals surface area contributed by atoms with E-state index >= 15 is 0 Å². The molecule has 3 heteroatoms. The SMILES string of the molecule is C=Cc1nc(C(C)=O)c(CC)nc1C. The van der Waals surface area contributed by atoms with Crippen LogP contribution in [0.5, 0.6) is 0 Å². The Kier molecular flexibility index (Phi) is 3.12. The molecule has 3 nitrogen and oxygen atoms in total. The highest BCUT2D eigenvalue weighted by molar-refractivity contribution is 5.93. The van der Waals surface area contributed by atoms with Crippen LogP contribution in [0.2, 0.25) is 0 Å². The van der Waals surface area contributed by atoms with Crippen molar-refractivity contribution in [2.75, 3.05) is 0 Å². The summed E-state index contributed by atoms with van der Waals surface area (Å²) in [5.74, 6) is -0.0440. The van der Waals surface area contributed by atoms with E-state index in [0.29, 0.717) is 11.4 Å². The summed E-state index contributed by atoms with van der Waals surface area (Å²) in [6.07, 6.45) is 2.34. The first-order valence-electron chi connectivity index (χ1n) is 4.61. The van der Waals surface area contributed by atoms with E-state index in [1.165, 1.54) is 6.92 Å². The van der Waals surface area contributed by atoms with Crippen molar-refractivity contribution >= 4 is 11.9 Å². The highest BCUT2D eigenvalue weighted by Gasteiger charge is 2.11. The van der Waals surface area contributed by atoms with E-state index in [2.05, 4.69) is 16.5 Å². The summed E-state index contributed by atoms with van der Waals surface area (Å²) in [7, 11) is 0. The maximum absolute atomic E-state index is 11.3. The average Bonchev–Trinajstić information content (AvgIpc) is 2.16. The topological polar surface area (TPSA) is 42.9 Å². The van der Waals surface area contributed by atoms with Crippen LogP contribution in [-0.4, -0.2) is 15.8 Å². The number of aryl methyl sites for hydroxylation is 2. The van der Waals surface area contributed by atoms with Gasteiger partial charge < -0.3 is 0 Å². The van der Waals surface area contributed by atoms with E-state index in [1.54, 1.807) is 6.08 Å². The fourth-order valence-electron chi connectivity index (χ4n) is 1.30. The third-order valence-corrected chi connectivity index (χ3v) is 2.04. The van der Waals surface area contributed by atoms with Gasteiger partial charge in [-0.25, -0.2) is 4.98 Å². The molecule has 1 heterocycles. The van der Waals surface area contributed by atoms with Crippen LogP contribution in [0, 0.1) is 6.92 Å². The van der Waals surface area contributed by atoms with Crippen molar-refractivity contribution < 1.29 is 4.79 Å². The van der Waals surface area contributed by atoms with E-state index in [4.69, 9.17) is 0 Å². The molecule has 0 unspecified atom stereocenters. The lowest BCUT2D eigenvalue weighted by molar-refractivity contribution is 0.101. The number of hydrogen-bond acceptors (Lipinski definition) is 3. The lowest BCUT2D eigenvalue weighted by Gasteiger charge is -2.06. The molecule has 1 aromatic rings. The van der Waals surface area contributed by atoms with Crippen molar-refractivity contribution in [3.05, 3.63) is 29.4 Å². The zero-order chi connectivity index (χ0) is 10.7. The van der Waals surface area contributed by atoms with Crippen molar-refractivity contribution in [3.8, 4) is 0 Å². The Bertz CT molecular complexity index is 383. The van der Waals surface area contributed by atoms with Gasteiger partial charge in [0.1, 0.15) is 5.69 Å². The molecule has 0 aliphatic carbocycles. The van der Waals surface area contributed by atoms with Gasteiger partial charge in [-0.1, -0.05) is 13.5 Å². The Morgan fingerprint density at radius 1 is 1.50 bits per heavy atom. The van der Waals surface area contributed by atoms with Crippen LogP contribution in [0.25, 0.3) is 6.08 Å². The molecule has 0 radical (unpaired) electrons. The van der Waals surface area contributed by atoms with Gasteiger partial charge in [-0.15, -0.1) is 0 Å². The number of Topliss-reactive ketones (excluding diaryl/α,β-unsaturated/α-hetero) is 1. The van der Waals surface area contributed by atoms with E-state index < -0.39 is 0 Å². The molecule has 0 saturated heterocycles. The van der Waals surface area contributed by atoms with Crippen LogP contribution in [-0.2, 0) is 6.42 Å². The normalized spacial score (nSPS) is 9.93. The fraction of sp³-hybridized carbons (Fsp3) is 0.364. The van der Waals surface area contributed by atoms with Crippen LogP contribution in [0.3, 0.4) is 0 Å². The minimum Gasteiger partial charge on any atom is -0.293 e. The summed E-state index contributed by atoms with van der Waals surface area (Å²) in [4.78, 5) is 19.8. The van der Waals surface area contributed by atoms with Gasteiger partial charge in [-0.2, -0.15) is 0 Å². The minimum atomic E-state index is -0.0440. The molecule has 0 atom stereocenters. The van der Waals surface area contributed by atoms with Crippen molar-refractivity contribution in [1.82, 2.24) is 9.97 Å². The number of nitrogens with zero attached hydrogens (tertiary/aromatic N) is 2. The Morgan fingerprint density at radius 3 is 2.57 bits per heavy atom. The number of hydrogen-bond donors (Lipinski definition) is 0. The van der Waals surface area contributed by atoms with Gasteiger partial charge in [0.2, 0.25) is 0 Å². The molecule has 1 aromatic heterocycles. The van der Waals surface area contributed by atoms with Crippen LogP contribution < -0.4 is 0 Å². The van der Waals surface area contributed by atoms with Gasteiger partial charge in [-0.05, 0) is 19.4 Å². The molecule has 0 bridgehead atoms. The summed E-state index contributed by atoms with van der Waals surface area (Å²) in [6, 6.07) is 0. The number of aromatic nitrogens is 2. The van der Waals surface area contributed by atoms with Gasteiger partial charge in [0.15, 0.2) is 5.78 Å². The molecule has 0 saturated carbocycles. The molecular formula is C11H14N2O. The molecule has 0 N–H and O–H groups in total. The Balaban J connectivity index is 3.39. The van der Waals surface area contributed by atoms with Crippen molar-refractivity contribution in [2.45, 2.75) is 27.2 Å². The standard InChI is InChI=1S/C11H14N2O/c1-5-9-7(3)12-10(6-2)11(13-9)8(4)14/h5H,1,6H2,2-4H3. The number of ketones is 1. The minimum absolute atomic E-state index is 0.0440. The van der Waals surface area contributed by atoms with Crippen LogP contribution >= 0.6 is 0 Å². The molecule has 1 rings (SSSR count). The summed E-state index contributed by atoms with van der Waals surface area (Å²) in [6.45, 7) is 8.97. The van der Waals surface area contributed by atoms with Gasteiger partial charge in [0, 0.05) is 6.92 Å². The van der Waals surface area contributed by atoms with Gasteiger partial charge in [0.05, 0.1) is 17.1 Å². The molecule has 0 spiro atoms. The predicted molar refractivity (Wildman–Crippen MR) is 56.2 cm³/mol. The second kappa shape index (κ2) is 4.13. The first-order valence-corrected chi connectivity index (χ1v) is 4.61. The van der Waals surface area contributed by atoms with E-state index in [0.717, 1.165) is 17.8 Å². The quantitative estimate of drug-likeness (QED) is 0.686. The molecule has 14 heavy (non-hydrogen) atoms. The second-order valence-corrected chi connectivity index (χ2v) is 3.10. The smallest absolute Gasteiger partial charge is 0.180 e. The molecule has 0 amide bonds. The van der Waals surface area contributed by atoms with Crippen LogP contribution in [0.1, 0.15) is 41.4 Å². The molecule has 0 aliphatic rings. The zero-order valence-corrected chi connectivity index (χ0v) is 8.79. The van der Waals surface area contributed by atoms with Crippen molar-refractivity contribution in [3.63, 3.8) is 0 Å². The largest absolute Gasteiger partial charge is 0.293 e. The van der Waals surface area contributed by atoms with Gasteiger partial charge in [-0.3, -0.25) is 9.78 Å². The highest BCUT2D eigenvalue weighted by atomic mass is 16.1. The van der Waals surface area contributed by atoms with Crippen LogP contribution in [0.4, 0.5) is 0 Å². The second-order valence-electron chi connectivity index (χ2n) is 3.10. The van der Waals surface area contributed by atoms with Crippen molar-refractivity contribution in [2.24, 2.45) is 0 Å². The molecule has 0 aromatic carbocycles. The maximum atomic E-state index is 11.3. The van der Waals surface area contributed by atoms with E-state index in [-0.39, 0.29) is 5.78 Å². The zero-order valence-electron chi connectivity index (χ0n) is 8.79. The van der Waals surface area contributed by atoms with Gasteiger partial charge >= 0.3 is 0 Å². The number of carbonyl (C=O) groups excluding carboxylic acids is 1. The van der Waals surface area contributed by atoms with Crippen molar-refractivity contribution in [1.29, 1.82) is 0 Å². The molecule has 0 fully saturated rings. The average molecular weight is 190 g/mol. The summed E-state index contributed by atoms with van der Waals surface area (Å²) >= 11 is 0. The number of carbonyl (C=O) groups is 1. The predicted octanol–water partition coefficient (Wildman–Crippen LogP) is 2.19. The lowest BCUT2D eigenvalue weighted by atomic mass is 10.1. The van der Waals surface area contributed by atoms with Crippen LogP contribution in [0.15, 0.2) is 6.58 Å².